The second-order valence-corrected chi connectivity index (χ2v) is 8.70. The average Bonchev–Trinajstić information content (AvgIpc) is 3.51. The maximum absolute atomic E-state index is 13.9. The smallest absolute Gasteiger partial charge is 0.234 e. The molecule has 5 heterocycles. The predicted octanol–water partition coefficient (Wildman–Crippen LogP) is 1.15. The van der Waals surface area contributed by atoms with E-state index in [1.807, 2.05) is 15.5 Å². The zero-order valence-corrected chi connectivity index (χ0v) is 18.1. The molecule has 4 aromatic rings. The van der Waals surface area contributed by atoms with Crippen LogP contribution in [0.2, 0.25) is 0 Å². The normalized spacial score (nSPS) is 18.7. The van der Waals surface area contributed by atoms with Gasteiger partial charge in [0.1, 0.15) is 23.4 Å². The molecule has 4 N–H and O–H groups in total. The van der Waals surface area contributed by atoms with Crippen molar-refractivity contribution in [1.82, 2.24) is 34.4 Å². The van der Waals surface area contributed by atoms with Crippen LogP contribution in [0, 0.1) is 5.82 Å². The number of likely N-dealkylation sites (tertiary alicyclic amines) is 1. The van der Waals surface area contributed by atoms with Gasteiger partial charge >= 0.3 is 0 Å². The van der Waals surface area contributed by atoms with Gasteiger partial charge in [0.05, 0.1) is 41.3 Å². The first-order valence-electron chi connectivity index (χ1n) is 10.2. The molecule has 13 heteroatoms. The number of hydrogen-bond donors (Lipinski definition) is 3. The Kier molecular flexibility index (Phi) is 5.66. The molecule has 1 saturated heterocycles. The van der Waals surface area contributed by atoms with Gasteiger partial charge in [-0.3, -0.25) is 9.69 Å². The molecule has 0 aliphatic carbocycles. The lowest BCUT2D eigenvalue weighted by Gasteiger charge is -2.21. The first-order chi connectivity index (χ1) is 16.0. The van der Waals surface area contributed by atoms with E-state index in [1.165, 1.54) is 17.7 Å². The fraction of sp³-hybridized carbons (Fsp3) is 0.300. The number of hydrogen-bond acceptors (Lipinski definition) is 10. The minimum absolute atomic E-state index is 0.193. The van der Waals surface area contributed by atoms with Crippen molar-refractivity contribution >= 4 is 39.2 Å². The highest BCUT2D eigenvalue weighted by Crippen LogP contribution is 2.30. The van der Waals surface area contributed by atoms with Crippen LogP contribution < -0.4 is 11.1 Å². The van der Waals surface area contributed by atoms with Crippen LogP contribution in [0.1, 0.15) is 6.42 Å². The third kappa shape index (κ3) is 4.37. The van der Waals surface area contributed by atoms with Crippen LogP contribution in [0.5, 0.6) is 0 Å². The number of nitrogens with zero attached hydrogens (tertiary/aromatic N) is 7. The number of aliphatic hydroxyl groups is 1. The Hall–Kier alpha value is -3.55. The highest BCUT2D eigenvalue weighted by atomic mass is 32.1. The summed E-state index contributed by atoms with van der Waals surface area (Å²) in [6.45, 7) is 1.51. The largest absolute Gasteiger partial charge is 0.392 e. The third-order valence-corrected chi connectivity index (χ3v) is 6.41. The van der Waals surface area contributed by atoms with Gasteiger partial charge < -0.3 is 20.7 Å². The summed E-state index contributed by atoms with van der Waals surface area (Å²) in [4.78, 5) is 34.8. The number of thiazole rings is 1. The van der Waals surface area contributed by atoms with E-state index in [2.05, 4.69) is 30.2 Å². The van der Waals surface area contributed by atoms with E-state index in [-0.39, 0.29) is 5.69 Å². The molecule has 4 aromatic heterocycles. The van der Waals surface area contributed by atoms with Gasteiger partial charge in [0.15, 0.2) is 10.9 Å². The summed E-state index contributed by atoms with van der Waals surface area (Å²) in [7, 11) is 0. The minimum atomic E-state index is -0.555. The first-order valence-corrected chi connectivity index (χ1v) is 11.0. The average molecular weight is 470 g/mol. The van der Waals surface area contributed by atoms with Crippen molar-refractivity contribution < 1.29 is 14.3 Å². The van der Waals surface area contributed by atoms with Gasteiger partial charge in [-0.15, -0.1) is 0 Å². The van der Waals surface area contributed by atoms with Crippen molar-refractivity contribution in [2.45, 2.75) is 25.1 Å². The van der Waals surface area contributed by atoms with E-state index >= 15 is 0 Å². The molecule has 1 aliphatic rings. The van der Waals surface area contributed by atoms with Gasteiger partial charge in [0.25, 0.3) is 0 Å². The van der Waals surface area contributed by atoms with Crippen LogP contribution in [-0.4, -0.2) is 70.6 Å². The summed E-state index contributed by atoms with van der Waals surface area (Å²) in [6.07, 6.45) is 7.10. The van der Waals surface area contributed by atoms with E-state index in [4.69, 9.17) is 5.73 Å². The van der Waals surface area contributed by atoms with Crippen molar-refractivity contribution in [1.29, 1.82) is 0 Å². The van der Waals surface area contributed by atoms with Crippen molar-refractivity contribution in [2.24, 2.45) is 5.73 Å². The molecule has 33 heavy (non-hydrogen) atoms. The Balaban J connectivity index is 1.32. The number of primary amides is 1. The topological polar surface area (TPSA) is 148 Å². The number of rotatable bonds is 7. The van der Waals surface area contributed by atoms with Crippen molar-refractivity contribution in [3.8, 4) is 10.6 Å². The molecule has 0 spiro atoms. The van der Waals surface area contributed by atoms with Crippen LogP contribution in [0.3, 0.4) is 0 Å². The lowest BCUT2D eigenvalue weighted by Crippen LogP contribution is -2.41. The van der Waals surface area contributed by atoms with E-state index in [1.54, 1.807) is 18.7 Å². The Bertz CT molecular complexity index is 1310. The van der Waals surface area contributed by atoms with Crippen LogP contribution >= 0.6 is 11.3 Å². The molecule has 5 rings (SSSR count). The van der Waals surface area contributed by atoms with Gasteiger partial charge in [-0.25, -0.2) is 29.3 Å². The van der Waals surface area contributed by atoms with Gasteiger partial charge in [0.2, 0.25) is 5.91 Å². The molecule has 170 valence electrons. The fourth-order valence-corrected chi connectivity index (χ4v) is 4.73. The number of aliphatic hydroxyl groups excluding tert-OH is 1. The zero-order chi connectivity index (χ0) is 22.9. The Morgan fingerprint density at radius 3 is 2.94 bits per heavy atom. The summed E-state index contributed by atoms with van der Waals surface area (Å²) in [5, 5.41) is 13.6. The van der Waals surface area contributed by atoms with Crippen molar-refractivity contribution in [2.75, 3.05) is 18.4 Å². The molecular weight excluding hydrogens is 449 g/mol. The van der Waals surface area contributed by atoms with E-state index in [9.17, 15) is 14.3 Å². The standard InChI is InChI=1S/C20H20FN9O2S/c21-12-5-23-9-26-18(12)16-7-25-20(33-16)28-17-4-14-13(6-24-17)27-10-30(14)2-1-29-8-11(31)3-15(29)19(22)32/h4-7,9-11,15,31H,1-3,8H2,(H2,22,32)(H,24,25,28). The van der Waals surface area contributed by atoms with Crippen molar-refractivity contribution in [3.05, 3.63) is 43.1 Å². The van der Waals surface area contributed by atoms with Crippen LogP contribution in [0.4, 0.5) is 15.3 Å². The molecule has 1 amide bonds. The number of fused-ring (bicyclic) bond motifs is 1. The van der Waals surface area contributed by atoms with Gasteiger partial charge in [-0.05, 0) is 6.42 Å². The fourth-order valence-electron chi connectivity index (χ4n) is 3.91. The number of halogens is 1. The number of imidazole rings is 1. The monoisotopic (exact) mass is 469 g/mol. The lowest BCUT2D eigenvalue weighted by atomic mass is 10.2. The van der Waals surface area contributed by atoms with Crippen molar-refractivity contribution in [3.63, 3.8) is 0 Å². The number of carbonyl (C=O) groups excluding carboxylic acids is 1. The SMILES string of the molecule is NC(=O)C1CC(O)CN1CCn1cnc2cnc(Nc3ncc(-c4ncncc4F)s3)cc21. The molecule has 0 saturated carbocycles. The summed E-state index contributed by atoms with van der Waals surface area (Å²) in [6, 6.07) is 1.38. The quantitative estimate of drug-likeness (QED) is 0.362. The molecule has 1 aliphatic heterocycles. The molecule has 0 aromatic carbocycles. The summed E-state index contributed by atoms with van der Waals surface area (Å²) < 4.78 is 15.9. The predicted molar refractivity (Wildman–Crippen MR) is 119 cm³/mol. The second kappa shape index (κ2) is 8.77. The molecule has 2 unspecified atom stereocenters. The summed E-state index contributed by atoms with van der Waals surface area (Å²) >= 11 is 1.25. The summed E-state index contributed by atoms with van der Waals surface area (Å²) in [5.41, 5.74) is 7.23. The highest BCUT2D eigenvalue weighted by molar-refractivity contribution is 7.18. The number of nitrogens with one attached hydrogen (secondary N) is 1. The zero-order valence-electron chi connectivity index (χ0n) is 17.3. The number of aromatic nitrogens is 6. The van der Waals surface area contributed by atoms with Gasteiger partial charge in [-0.2, -0.15) is 0 Å². The van der Waals surface area contributed by atoms with Gasteiger partial charge in [-0.1, -0.05) is 11.3 Å². The molecule has 11 nitrogen and oxygen atoms in total. The second-order valence-electron chi connectivity index (χ2n) is 7.67. The van der Waals surface area contributed by atoms with Gasteiger partial charge in [0, 0.05) is 31.9 Å². The highest BCUT2D eigenvalue weighted by Gasteiger charge is 2.34. The minimum Gasteiger partial charge on any atom is -0.392 e. The van der Waals surface area contributed by atoms with Crippen LogP contribution in [0.25, 0.3) is 21.6 Å². The lowest BCUT2D eigenvalue weighted by molar-refractivity contribution is -0.122. The Morgan fingerprint density at radius 2 is 2.12 bits per heavy atom. The third-order valence-electron chi connectivity index (χ3n) is 5.49. The Labute approximate surface area is 191 Å². The first kappa shape index (κ1) is 21.3. The Morgan fingerprint density at radius 1 is 1.24 bits per heavy atom. The number of anilines is 2. The number of pyridine rings is 1. The van der Waals surface area contributed by atoms with E-state index < -0.39 is 23.9 Å². The van der Waals surface area contributed by atoms with E-state index in [0.29, 0.717) is 41.9 Å². The van der Waals surface area contributed by atoms with E-state index in [0.717, 1.165) is 17.2 Å². The van der Waals surface area contributed by atoms with Crippen LogP contribution in [0.15, 0.2) is 37.3 Å². The molecule has 2 atom stereocenters. The maximum atomic E-state index is 13.9. The maximum Gasteiger partial charge on any atom is 0.234 e. The molecule has 0 radical (unpaired) electrons. The van der Waals surface area contributed by atoms with Crippen LogP contribution in [-0.2, 0) is 11.3 Å². The number of carbonyl (C=O) groups is 1. The number of β-amino-alcohol motifs (C(OH)–C–C–N with tert-alkyl or cyclic N) is 1. The summed E-state index contributed by atoms with van der Waals surface area (Å²) in [5.74, 6) is -0.387. The number of amides is 1. The number of nitrogens with two attached hydrogens (primary N) is 1. The molecular formula is C20H20FN9O2S. The molecule has 1 fully saturated rings. The molecule has 0 bridgehead atoms.